The molecule has 0 aromatic carbocycles. The van der Waals surface area contributed by atoms with Crippen LogP contribution in [0.5, 0.6) is 0 Å². The van der Waals surface area contributed by atoms with Crippen molar-refractivity contribution in [3.63, 3.8) is 0 Å². The number of halogens is 1. The molecule has 1 aromatic heterocycles. The largest absolute Gasteiger partial charge is 0.352 e. The fourth-order valence-corrected chi connectivity index (χ4v) is 3.03. The number of carbonyl (C=O) groups excluding carboxylic acids is 1. The second kappa shape index (κ2) is 7.62. The highest BCUT2D eigenvalue weighted by Gasteiger charge is 2.14. The molecule has 20 heavy (non-hydrogen) atoms. The van der Waals surface area contributed by atoms with Crippen LogP contribution in [0.25, 0.3) is 0 Å². The average Bonchev–Trinajstić information content (AvgIpc) is 2.37. The lowest BCUT2D eigenvalue weighted by Crippen LogP contribution is -2.39. The number of hydrogen-bond donors (Lipinski definition) is 1. The standard InChI is InChI=1S/C15H21BrN2O2/c16-12-8-9-15(20)18(10-12)11-14(19)17-13-6-4-2-1-3-5-7-13/h8-10,13H,1-7,11H2,(H,17,19). The van der Waals surface area contributed by atoms with Crippen LogP contribution >= 0.6 is 15.9 Å². The molecule has 0 atom stereocenters. The summed E-state index contributed by atoms with van der Waals surface area (Å²) in [4.78, 5) is 23.7. The molecule has 1 N–H and O–H groups in total. The van der Waals surface area contributed by atoms with E-state index in [1.807, 2.05) is 0 Å². The van der Waals surface area contributed by atoms with Gasteiger partial charge in [0.2, 0.25) is 5.91 Å². The molecule has 1 heterocycles. The van der Waals surface area contributed by atoms with Crippen LogP contribution in [0.1, 0.15) is 44.9 Å². The molecule has 1 fully saturated rings. The molecule has 1 amide bonds. The highest BCUT2D eigenvalue weighted by molar-refractivity contribution is 9.10. The van der Waals surface area contributed by atoms with Gasteiger partial charge >= 0.3 is 0 Å². The Morgan fingerprint density at radius 1 is 1.20 bits per heavy atom. The van der Waals surface area contributed by atoms with Gasteiger partial charge in [0.25, 0.3) is 5.56 Å². The molecule has 4 nitrogen and oxygen atoms in total. The predicted octanol–water partition coefficient (Wildman–Crippen LogP) is 2.84. The molecule has 2 rings (SSSR count). The van der Waals surface area contributed by atoms with Gasteiger partial charge in [0, 0.05) is 22.8 Å². The van der Waals surface area contributed by atoms with Crippen molar-refractivity contribution in [2.24, 2.45) is 0 Å². The minimum Gasteiger partial charge on any atom is -0.352 e. The number of aromatic nitrogens is 1. The molecule has 110 valence electrons. The van der Waals surface area contributed by atoms with E-state index >= 15 is 0 Å². The highest BCUT2D eigenvalue weighted by atomic mass is 79.9. The minimum absolute atomic E-state index is 0.0734. The Morgan fingerprint density at radius 3 is 2.55 bits per heavy atom. The average molecular weight is 341 g/mol. The van der Waals surface area contributed by atoms with E-state index in [9.17, 15) is 9.59 Å². The monoisotopic (exact) mass is 340 g/mol. The van der Waals surface area contributed by atoms with E-state index in [0.29, 0.717) is 0 Å². The first-order chi connectivity index (χ1) is 9.65. The van der Waals surface area contributed by atoms with Gasteiger partial charge in [-0.15, -0.1) is 0 Å². The van der Waals surface area contributed by atoms with Crippen LogP contribution in [0.2, 0.25) is 0 Å². The summed E-state index contributed by atoms with van der Waals surface area (Å²) >= 11 is 3.31. The SMILES string of the molecule is O=C(Cn1cc(Br)ccc1=O)NC1CCCCCCC1. The summed E-state index contributed by atoms with van der Waals surface area (Å²) in [6.45, 7) is 0.0920. The molecule has 0 unspecified atom stereocenters. The van der Waals surface area contributed by atoms with Crippen LogP contribution in [0.4, 0.5) is 0 Å². The topological polar surface area (TPSA) is 51.1 Å². The van der Waals surface area contributed by atoms with E-state index in [1.54, 1.807) is 12.3 Å². The van der Waals surface area contributed by atoms with Crippen LogP contribution in [0, 0.1) is 0 Å². The summed E-state index contributed by atoms with van der Waals surface area (Å²) in [6, 6.07) is 3.42. The Hall–Kier alpha value is -1.10. The first-order valence-corrected chi connectivity index (χ1v) is 8.10. The van der Waals surface area contributed by atoms with E-state index < -0.39 is 0 Å². The minimum atomic E-state index is -0.152. The molecule has 0 radical (unpaired) electrons. The summed E-state index contributed by atoms with van der Waals surface area (Å²) in [5, 5.41) is 3.07. The third kappa shape index (κ3) is 4.78. The van der Waals surface area contributed by atoms with Gasteiger partial charge in [-0.3, -0.25) is 9.59 Å². The summed E-state index contributed by atoms with van der Waals surface area (Å²) in [5.41, 5.74) is -0.152. The van der Waals surface area contributed by atoms with Crippen LogP contribution in [0.3, 0.4) is 0 Å². The number of nitrogens with zero attached hydrogens (tertiary/aromatic N) is 1. The zero-order valence-electron chi connectivity index (χ0n) is 11.6. The van der Waals surface area contributed by atoms with Gasteiger partial charge in [-0.1, -0.05) is 32.1 Å². The Bertz CT molecular complexity index is 505. The lowest BCUT2D eigenvalue weighted by atomic mass is 9.97. The normalized spacial score (nSPS) is 17.2. The Balaban J connectivity index is 1.90. The van der Waals surface area contributed by atoms with Crippen molar-refractivity contribution in [1.29, 1.82) is 0 Å². The lowest BCUT2D eigenvalue weighted by Gasteiger charge is -2.21. The van der Waals surface area contributed by atoms with Gasteiger partial charge in [-0.25, -0.2) is 0 Å². The first kappa shape index (κ1) is 15.3. The Kier molecular flexibility index (Phi) is 5.83. The summed E-state index contributed by atoms with van der Waals surface area (Å²) in [5.74, 6) is -0.0734. The van der Waals surface area contributed by atoms with Crippen LogP contribution in [-0.2, 0) is 11.3 Å². The van der Waals surface area contributed by atoms with E-state index in [4.69, 9.17) is 0 Å². The second-order valence-electron chi connectivity index (χ2n) is 5.42. The zero-order chi connectivity index (χ0) is 14.4. The van der Waals surface area contributed by atoms with E-state index in [0.717, 1.165) is 17.3 Å². The van der Waals surface area contributed by atoms with Crippen molar-refractivity contribution < 1.29 is 4.79 Å². The Morgan fingerprint density at radius 2 is 1.85 bits per heavy atom. The maximum absolute atomic E-state index is 12.1. The first-order valence-electron chi connectivity index (χ1n) is 7.30. The fourth-order valence-electron chi connectivity index (χ4n) is 2.65. The molecule has 5 heteroatoms. The number of nitrogens with one attached hydrogen (secondary N) is 1. The summed E-state index contributed by atoms with van der Waals surface area (Å²) in [6.07, 6.45) is 9.96. The smallest absolute Gasteiger partial charge is 0.251 e. The molecule has 0 aliphatic heterocycles. The number of pyridine rings is 1. The van der Waals surface area contributed by atoms with Crippen molar-refractivity contribution in [2.45, 2.75) is 57.5 Å². The molecule has 0 spiro atoms. The van der Waals surface area contributed by atoms with E-state index in [1.165, 1.54) is 42.7 Å². The molecular formula is C15H21BrN2O2. The summed E-state index contributed by atoms with van der Waals surface area (Å²) < 4.78 is 2.23. The van der Waals surface area contributed by atoms with Gasteiger partial charge in [0.1, 0.15) is 6.54 Å². The van der Waals surface area contributed by atoms with Crippen molar-refractivity contribution in [3.8, 4) is 0 Å². The van der Waals surface area contributed by atoms with Gasteiger partial charge in [0.15, 0.2) is 0 Å². The molecule has 1 aliphatic rings. The van der Waals surface area contributed by atoms with Crippen molar-refractivity contribution in [2.75, 3.05) is 0 Å². The molecule has 0 bridgehead atoms. The maximum atomic E-state index is 12.1. The van der Waals surface area contributed by atoms with Crippen molar-refractivity contribution in [3.05, 3.63) is 33.2 Å². The number of carbonyl (C=O) groups is 1. The van der Waals surface area contributed by atoms with Crippen molar-refractivity contribution >= 4 is 21.8 Å². The van der Waals surface area contributed by atoms with Gasteiger partial charge in [-0.2, -0.15) is 0 Å². The molecule has 1 saturated carbocycles. The highest BCUT2D eigenvalue weighted by Crippen LogP contribution is 2.17. The van der Waals surface area contributed by atoms with Gasteiger partial charge in [-0.05, 0) is 34.8 Å². The van der Waals surface area contributed by atoms with E-state index in [-0.39, 0.29) is 24.1 Å². The summed E-state index contributed by atoms with van der Waals surface area (Å²) in [7, 11) is 0. The number of amides is 1. The number of hydrogen-bond acceptors (Lipinski definition) is 2. The predicted molar refractivity (Wildman–Crippen MR) is 82.7 cm³/mol. The third-order valence-corrected chi connectivity index (χ3v) is 4.20. The third-order valence-electron chi connectivity index (χ3n) is 3.73. The van der Waals surface area contributed by atoms with Gasteiger partial charge in [0.05, 0.1) is 0 Å². The van der Waals surface area contributed by atoms with E-state index in [2.05, 4.69) is 21.2 Å². The maximum Gasteiger partial charge on any atom is 0.251 e. The molecular weight excluding hydrogens is 320 g/mol. The van der Waals surface area contributed by atoms with Crippen LogP contribution in [0.15, 0.2) is 27.6 Å². The lowest BCUT2D eigenvalue weighted by molar-refractivity contribution is -0.122. The fraction of sp³-hybridized carbons (Fsp3) is 0.600. The zero-order valence-corrected chi connectivity index (χ0v) is 13.2. The molecule has 0 saturated heterocycles. The quantitative estimate of drug-likeness (QED) is 0.919. The molecule has 1 aromatic rings. The Labute approximate surface area is 127 Å². The van der Waals surface area contributed by atoms with Crippen LogP contribution in [-0.4, -0.2) is 16.5 Å². The number of rotatable bonds is 3. The van der Waals surface area contributed by atoms with Crippen LogP contribution < -0.4 is 10.9 Å². The molecule has 1 aliphatic carbocycles. The second-order valence-corrected chi connectivity index (χ2v) is 6.34. The van der Waals surface area contributed by atoms with Crippen molar-refractivity contribution in [1.82, 2.24) is 9.88 Å². The van der Waals surface area contributed by atoms with Gasteiger partial charge < -0.3 is 9.88 Å².